The van der Waals surface area contributed by atoms with Gasteiger partial charge in [-0.05, 0) is 30.2 Å². The van der Waals surface area contributed by atoms with E-state index in [1.807, 2.05) is 30.3 Å². The van der Waals surface area contributed by atoms with Gasteiger partial charge in [-0.15, -0.1) is 11.8 Å². The summed E-state index contributed by atoms with van der Waals surface area (Å²) in [5, 5.41) is 4.13. The smallest absolute Gasteiger partial charge is 0.230 e. The Balaban J connectivity index is 1.74. The van der Waals surface area contributed by atoms with E-state index in [2.05, 4.69) is 5.32 Å². The number of hydrogen-bond acceptors (Lipinski definition) is 2. The third kappa shape index (κ3) is 5.62. The molecule has 0 bridgehead atoms. The van der Waals surface area contributed by atoms with Gasteiger partial charge < -0.3 is 5.32 Å². The Hall–Kier alpha value is -1.16. The van der Waals surface area contributed by atoms with Crippen molar-refractivity contribution < 1.29 is 4.79 Å². The molecule has 0 fully saturated rings. The van der Waals surface area contributed by atoms with E-state index in [1.54, 1.807) is 18.2 Å². The van der Waals surface area contributed by atoms with Crippen molar-refractivity contribution in [2.45, 2.75) is 11.3 Å². The fourth-order valence-corrected chi connectivity index (χ4v) is 3.10. The first-order valence-electron chi connectivity index (χ1n) is 6.53. The lowest BCUT2D eigenvalue weighted by molar-refractivity contribution is -0.118. The Morgan fingerprint density at radius 2 is 1.86 bits per heavy atom. The quantitative estimate of drug-likeness (QED) is 0.788. The van der Waals surface area contributed by atoms with Gasteiger partial charge in [0.1, 0.15) is 0 Å². The highest BCUT2D eigenvalue weighted by atomic mass is 35.5. The highest BCUT2D eigenvalue weighted by Crippen LogP contribution is 2.29. The van der Waals surface area contributed by atoms with Gasteiger partial charge in [0.15, 0.2) is 0 Å². The zero-order chi connectivity index (χ0) is 15.1. The molecule has 21 heavy (non-hydrogen) atoms. The number of benzene rings is 2. The maximum Gasteiger partial charge on any atom is 0.230 e. The standard InChI is InChI=1S/C16H15Cl2NOS/c17-13-6-7-14(18)15(10-13)21-11-16(20)19-9-8-12-4-2-1-3-5-12/h1-7,10H,8-9,11H2,(H,19,20). The lowest BCUT2D eigenvalue weighted by atomic mass is 10.1. The Bertz CT molecular complexity index is 604. The molecule has 0 unspecified atom stereocenters. The normalized spacial score (nSPS) is 10.4. The number of hydrogen-bond donors (Lipinski definition) is 1. The predicted molar refractivity (Wildman–Crippen MR) is 90.3 cm³/mol. The zero-order valence-electron chi connectivity index (χ0n) is 11.3. The van der Waals surface area contributed by atoms with Gasteiger partial charge in [0.05, 0.1) is 10.8 Å². The molecule has 2 aromatic rings. The molecule has 1 N–H and O–H groups in total. The van der Waals surface area contributed by atoms with Crippen molar-refractivity contribution in [2.75, 3.05) is 12.3 Å². The van der Waals surface area contributed by atoms with Gasteiger partial charge in [-0.2, -0.15) is 0 Å². The lowest BCUT2D eigenvalue weighted by Crippen LogP contribution is -2.27. The number of nitrogens with one attached hydrogen (secondary N) is 1. The number of amides is 1. The summed E-state index contributed by atoms with van der Waals surface area (Å²) in [5.74, 6) is 0.321. The predicted octanol–water partition coefficient (Wildman–Crippen LogP) is 4.44. The molecule has 0 saturated carbocycles. The van der Waals surface area contributed by atoms with Gasteiger partial charge in [-0.1, -0.05) is 53.5 Å². The first-order chi connectivity index (χ1) is 10.1. The average molecular weight is 340 g/mol. The molecule has 0 saturated heterocycles. The molecular formula is C16H15Cl2NOS. The fourth-order valence-electron chi connectivity index (χ4n) is 1.77. The van der Waals surface area contributed by atoms with Crippen molar-refractivity contribution in [3.05, 3.63) is 64.1 Å². The van der Waals surface area contributed by atoms with Crippen molar-refractivity contribution >= 4 is 40.9 Å². The SMILES string of the molecule is O=C(CSc1cc(Cl)ccc1Cl)NCCc1ccccc1. The molecule has 2 rings (SSSR count). The topological polar surface area (TPSA) is 29.1 Å². The zero-order valence-corrected chi connectivity index (χ0v) is 13.6. The molecule has 2 aromatic carbocycles. The summed E-state index contributed by atoms with van der Waals surface area (Å²) in [6, 6.07) is 15.3. The summed E-state index contributed by atoms with van der Waals surface area (Å²) in [6.07, 6.45) is 0.829. The van der Waals surface area contributed by atoms with Crippen molar-refractivity contribution in [3.8, 4) is 0 Å². The van der Waals surface area contributed by atoms with Crippen LogP contribution in [0.2, 0.25) is 10.0 Å². The average Bonchev–Trinajstić information content (AvgIpc) is 2.49. The maximum absolute atomic E-state index is 11.8. The maximum atomic E-state index is 11.8. The minimum atomic E-state index is -0.00743. The van der Waals surface area contributed by atoms with Crippen LogP contribution in [0.3, 0.4) is 0 Å². The minimum absolute atomic E-state index is 0.00743. The van der Waals surface area contributed by atoms with Crippen LogP contribution in [-0.4, -0.2) is 18.2 Å². The van der Waals surface area contributed by atoms with Crippen LogP contribution < -0.4 is 5.32 Å². The van der Waals surface area contributed by atoms with Crippen molar-refractivity contribution in [2.24, 2.45) is 0 Å². The number of rotatable bonds is 6. The molecule has 0 aromatic heterocycles. The molecule has 0 spiro atoms. The van der Waals surface area contributed by atoms with Crippen LogP contribution in [0.5, 0.6) is 0 Å². The van der Waals surface area contributed by atoms with Crippen LogP contribution in [0.4, 0.5) is 0 Å². The van der Waals surface area contributed by atoms with E-state index in [4.69, 9.17) is 23.2 Å². The van der Waals surface area contributed by atoms with Gasteiger partial charge in [0, 0.05) is 16.5 Å². The Morgan fingerprint density at radius 1 is 1.10 bits per heavy atom. The first-order valence-corrected chi connectivity index (χ1v) is 8.28. The van der Waals surface area contributed by atoms with Crippen LogP contribution in [0.15, 0.2) is 53.4 Å². The van der Waals surface area contributed by atoms with Gasteiger partial charge in [0.2, 0.25) is 5.91 Å². The van der Waals surface area contributed by atoms with Crippen LogP contribution >= 0.6 is 35.0 Å². The van der Waals surface area contributed by atoms with Gasteiger partial charge in [-0.3, -0.25) is 4.79 Å². The molecule has 0 heterocycles. The summed E-state index contributed by atoms with van der Waals surface area (Å²) in [6.45, 7) is 0.632. The second-order valence-electron chi connectivity index (χ2n) is 4.45. The first kappa shape index (κ1) is 16.2. The van der Waals surface area contributed by atoms with Crippen molar-refractivity contribution in [1.29, 1.82) is 0 Å². The van der Waals surface area contributed by atoms with E-state index in [-0.39, 0.29) is 5.91 Å². The third-order valence-electron chi connectivity index (χ3n) is 2.83. The molecule has 2 nitrogen and oxygen atoms in total. The van der Waals surface area contributed by atoms with E-state index < -0.39 is 0 Å². The van der Waals surface area contributed by atoms with Crippen molar-refractivity contribution in [3.63, 3.8) is 0 Å². The van der Waals surface area contributed by atoms with E-state index in [1.165, 1.54) is 17.3 Å². The van der Waals surface area contributed by atoms with E-state index in [0.717, 1.165) is 11.3 Å². The minimum Gasteiger partial charge on any atom is -0.355 e. The summed E-state index contributed by atoms with van der Waals surface area (Å²) in [7, 11) is 0. The molecule has 0 radical (unpaired) electrons. The third-order valence-corrected chi connectivity index (χ3v) is 4.56. The van der Waals surface area contributed by atoms with Crippen LogP contribution in [-0.2, 0) is 11.2 Å². The van der Waals surface area contributed by atoms with E-state index in [0.29, 0.717) is 22.3 Å². The molecule has 0 atom stereocenters. The number of thioether (sulfide) groups is 1. The largest absolute Gasteiger partial charge is 0.355 e. The molecule has 0 aliphatic heterocycles. The number of halogens is 2. The Morgan fingerprint density at radius 3 is 2.62 bits per heavy atom. The van der Waals surface area contributed by atoms with Gasteiger partial charge in [-0.25, -0.2) is 0 Å². The molecule has 0 aliphatic carbocycles. The van der Waals surface area contributed by atoms with Crippen LogP contribution in [0.1, 0.15) is 5.56 Å². The van der Waals surface area contributed by atoms with Crippen LogP contribution in [0, 0.1) is 0 Å². The molecular weight excluding hydrogens is 325 g/mol. The molecule has 5 heteroatoms. The highest BCUT2D eigenvalue weighted by Gasteiger charge is 2.06. The summed E-state index contributed by atoms with van der Waals surface area (Å²) in [4.78, 5) is 12.6. The Labute approximate surface area is 138 Å². The van der Waals surface area contributed by atoms with Crippen LogP contribution in [0.25, 0.3) is 0 Å². The fraction of sp³-hybridized carbons (Fsp3) is 0.188. The summed E-state index contributed by atoms with van der Waals surface area (Å²) in [5.41, 5.74) is 1.21. The summed E-state index contributed by atoms with van der Waals surface area (Å²) >= 11 is 13.4. The summed E-state index contributed by atoms with van der Waals surface area (Å²) < 4.78 is 0. The highest BCUT2D eigenvalue weighted by molar-refractivity contribution is 8.00. The number of carbonyl (C=O) groups is 1. The second kappa shape index (κ2) is 8.32. The Kier molecular flexibility index (Phi) is 6.43. The molecule has 110 valence electrons. The van der Waals surface area contributed by atoms with Gasteiger partial charge >= 0.3 is 0 Å². The molecule has 1 amide bonds. The second-order valence-corrected chi connectivity index (χ2v) is 6.31. The monoisotopic (exact) mass is 339 g/mol. The van der Waals surface area contributed by atoms with E-state index in [9.17, 15) is 4.79 Å². The van der Waals surface area contributed by atoms with E-state index >= 15 is 0 Å². The number of carbonyl (C=O) groups excluding carboxylic acids is 1. The van der Waals surface area contributed by atoms with Gasteiger partial charge in [0.25, 0.3) is 0 Å². The molecule has 0 aliphatic rings. The lowest BCUT2D eigenvalue weighted by Gasteiger charge is -2.07. The van der Waals surface area contributed by atoms with Crippen molar-refractivity contribution in [1.82, 2.24) is 5.32 Å².